The maximum atomic E-state index is 13.3. The van der Waals surface area contributed by atoms with Gasteiger partial charge < -0.3 is 10.2 Å². The predicted molar refractivity (Wildman–Crippen MR) is 73.2 cm³/mol. The lowest BCUT2D eigenvalue weighted by Gasteiger charge is -2.33. The Morgan fingerprint density at radius 1 is 1.42 bits per heavy atom. The van der Waals surface area contributed by atoms with Crippen LogP contribution >= 0.6 is 0 Å². The molecular formula is C15H21F2N2. The van der Waals surface area contributed by atoms with Gasteiger partial charge in [-0.2, -0.15) is 0 Å². The van der Waals surface area contributed by atoms with Gasteiger partial charge in [-0.3, -0.25) is 0 Å². The summed E-state index contributed by atoms with van der Waals surface area (Å²) in [6, 6.07) is 5.08. The van der Waals surface area contributed by atoms with Crippen molar-refractivity contribution in [2.24, 2.45) is 0 Å². The highest BCUT2D eigenvalue weighted by molar-refractivity contribution is 5.44. The van der Waals surface area contributed by atoms with Crippen molar-refractivity contribution in [3.63, 3.8) is 0 Å². The summed E-state index contributed by atoms with van der Waals surface area (Å²) in [6.45, 7) is 5.07. The van der Waals surface area contributed by atoms with Gasteiger partial charge in [-0.25, -0.2) is 8.78 Å². The summed E-state index contributed by atoms with van der Waals surface area (Å²) in [6.07, 6.45) is 4.78. The molecule has 4 heteroatoms. The quantitative estimate of drug-likeness (QED) is 0.822. The third-order valence-electron chi connectivity index (χ3n) is 3.73. The summed E-state index contributed by atoms with van der Waals surface area (Å²) in [5, 5.41) is 2.94. The van der Waals surface area contributed by atoms with Gasteiger partial charge in [0.2, 0.25) is 0 Å². The minimum Gasteiger partial charge on any atom is -0.383 e. The van der Waals surface area contributed by atoms with Gasteiger partial charge in [0.05, 0.1) is 5.69 Å². The van der Waals surface area contributed by atoms with Crippen molar-refractivity contribution in [2.75, 3.05) is 25.0 Å². The van der Waals surface area contributed by atoms with Crippen molar-refractivity contribution in [1.82, 2.24) is 4.90 Å². The number of benzene rings is 1. The SMILES string of the molecule is CC1CCCCN1CCCNc1cc(F)c[c]c1F. The maximum absolute atomic E-state index is 13.3. The van der Waals surface area contributed by atoms with Crippen LogP contribution in [0, 0.1) is 17.7 Å². The highest BCUT2D eigenvalue weighted by Crippen LogP contribution is 2.17. The number of halogens is 2. The molecule has 0 aromatic heterocycles. The largest absolute Gasteiger partial charge is 0.383 e. The number of anilines is 1. The second kappa shape index (κ2) is 6.85. The Kier molecular flexibility index (Phi) is 5.14. The van der Waals surface area contributed by atoms with Crippen molar-refractivity contribution in [1.29, 1.82) is 0 Å². The topological polar surface area (TPSA) is 15.3 Å². The van der Waals surface area contributed by atoms with Crippen LogP contribution in [0.4, 0.5) is 14.5 Å². The first kappa shape index (κ1) is 14.3. The third kappa shape index (κ3) is 4.16. The molecule has 105 valence electrons. The first-order valence-corrected chi connectivity index (χ1v) is 7.01. The lowest BCUT2D eigenvalue weighted by Crippen LogP contribution is -2.38. The van der Waals surface area contributed by atoms with Gasteiger partial charge in [0, 0.05) is 25.2 Å². The van der Waals surface area contributed by atoms with Crippen LogP contribution in [0.2, 0.25) is 0 Å². The van der Waals surface area contributed by atoms with E-state index in [4.69, 9.17) is 0 Å². The third-order valence-corrected chi connectivity index (χ3v) is 3.73. The molecular weight excluding hydrogens is 246 g/mol. The van der Waals surface area contributed by atoms with E-state index in [0.717, 1.165) is 25.6 Å². The van der Waals surface area contributed by atoms with Crippen LogP contribution < -0.4 is 5.32 Å². The van der Waals surface area contributed by atoms with E-state index in [-0.39, 0.29) is 5.69 Å². The number of rotatable bonds is 5. The fraction of sp³-hybridized carbons (Fsp3) is 0.600. The normalized spacial score (nSPS) is 20.5. The second-order valence-corrected chi connectivity index (χ2v) is 5.21. The lowest BCUT2D eigenvalue weighted by molar-refractivity contribution is 0.160. The molecule has 1 unspecified atom stereocenters. The van der Waals surface area contributed by atoms with Gasteiger partial charge in [0.1, 0.15) is 5.82 Å². The van der Waals surface area contributed by atoms with Crippen LogP contribution in [0.1, 0.15) is 32.6 Å². The number of nitrogens with zero attached hydrogens (tertiary/aromatic N) is 1. The monoisotopic (exact) mass is 267 g/mol. The summed E-state index contributed by atoms with van der Waals surface area (Å²) in [5.41, 5.74) is 0.201. The van der Waals surface area contributed by atoms with E-state index in [1.54, 1.807) is 0 Å². The van der Waals surface area contributed by atoms with Crippen LogP contribution in [0.25, 0.3) is 0 Å². The molecule has 0 amide bonds. The Bertz CT molecular complexity index is 409. The summed E-state index contributed by atoms with van der Waals surface area (Å²) >= 11 is 0. The highest BCUT2D eigenvalue weighted by Gasteiger charge is 2.17. The molecule has 0 bridgehead atoms. The first-order chi connectivity index (χ1) is 9.16. The molecule has 1 fully saturated rings. The van der Waals surface area contributed by atoms with Crippen LogP contribution in [-0.4, -0.2) is 30.6 Å². The van der Waals surface area contributed by atoms with Gasteiger partial charge in [-0.1, -0.05) is 6.42 Å². The number of nitrogens with one attached hydrogen (secondary N) is 1. The van der Waals surface area contributed by atoms with E-state index in [1.165, 1.54) is 25.3 Å². The molecule has 2 nitrogen and oxygen atoms in total. The van der Waals surface area contributed by atoms with E-state index < -0.39 is 11.6 Å². The summed E-state index contributed by atoms with van der Waals surface area (Å²) in [7, 11) is 0. The standard InChI is InChI=1S/C15H21F2N2/c1-12-5-2-3-9-19(12)10-4-8-18-15-11-13(16)6-7-14(15)17/h6,11-12,18H,2-5,8-10H2,1H3. The lowest BCUT2D eigenvalue weighted by atomic mass is 10.0. The van der Waals surface area contributed by atoms with Crippen LogP contribution in [-0.2, 0) is 0 Å². The van der Waals surface area contributed by atoms with E-state index in [1.807, 2.05) is 0 Å². The van der Waals surface area contributed by atoms with Gasteiger partial charge in [0.15, 0.2) is 5.82 Å². The van der Waals surface area contributed by atoms with Crippen molar-refractivity contribution < 1.29 is 8.78 Å². The fourth-order valence-corrected chi connectivity index (χ4v) is 2.58. The van der Waals surface area contributed by atoms with Crippen LogP contribution in [0.5, 0.6) is 0 Å². The van der Waals surface area contributed by atoms with Crippen molar-refractivity contribution >= 4 is 5.69 Å². The summed E-state index contributed by atoms with van der Waals surface area (Å²) < 4.78 is 26.3. The zero-order valence-electron chi connectivity index (χ0n) is 11.4. The Morgan fingerprint density at radius 2 is 2.26 bits per heavy atom. The molecule has 0 aliphatic carbocycles. The smallest absolute Gasteiger partial charge is 0.154 e. The van der Waals surface area contributed by atoms with Crippen molar-refractivity contribution in [3.8, 4) is 0 Å². The molecule has 1 radical (unpaired) electrons. The number of hydrogen-bond donors (Lipinski definition) is 1. The molecule has 19 heavy (non-hydrogen) atoms. The molecule has 1 aliphatic heterocycles. The molecule has 1 aliphatic rings. The average molecular weight is 267 g/mol. The minimum absolute atomic E-state index is 0.201. The van der Waals surface area contributed by atoms with E-state index >= 15 is 0 Å². The molecule has 0 saturated carbocycles. The number of piperidine rings is 1. The Balaban J connectivity index is 1.73. The molecule has 0 spiro atoms. The van der Waals surface area contributed by atoms with Crippen molar-refractivity contribution in [3.05, 3.63) is 29.8 Å². The van der Waals surface area contributed by atoms with Gasteiger partial charge in [0.25, 0.3) is 0 Å². The predicted octanol–water partition coefficient (Wildman–Crippen LogP) is 3.44. The summed E-state index contributed by atoms with van der Waals surface area (Å²) in [4.78, 5) is 2.47. The average Bonchev–Trinajstić information content (AvgIpc) is 2.40. The van der Waals surface area contributed by atoms with Gasteiger partial charge in [-0.05, 0) is 44.9 Å². The van der Waals surface area contributed by atoms with Crippen LogP contribution in [0.3, 0.4) is 0 Å². The molecule has 2 rings (SSSR count). The molecule has 1 saturated heterocycles. The van der Waals surface area contributed by atoms with Crippen LogP contribution in [0.15, 0.2) is 12.1 Å². The zero-order valence-corrected chi connectivity index (χ0v) is 11.4. The van der Waals surface area contributed by atoms with E-state index in [2.05, 4.69) is 23.2 Å². The summed E-state index contributed by atoms with van der Waals surface area (Å²) in [5.74, 6) is -0.985. The molecule has 1 N–H and O–H groups in total. The first-order valence-electron chi connectivity index (χ1n) is 7.01. The minimum atomic E-state index is -0.521. The van der Waals surface area contributed by atoms with Crippen molar-refractivity contribution in [2.45, 2.75) is 38.6 Å². The molecule has 1 aromatic rings. The Hall–Kier alpha value is -1.16. The van der Waals surface area contributed by atoms with Gasteiger partial charge in [-0.15, -0.1) is 0 Å². The maximum Gasteiger partial charge on any atom is 0.154 e. The van der Waals surface area contributed by atoms with Gasteiger partial charge >= 0.3 is 0 Å². The molecule has 1 aromatic carbocycles. The molecule has 1 heterocycles. The van der Waals surface area contributed by atoms with E-state index in [0.29, 0.717) is 12.6 Å². The highest BCUT2D eigenvalue weighted by atomic mass is 19.1. The second-order valence-electron chi connectivity index (χ2n) is 5.21. The fourth-order valence-electron chi connectivity index (χ4n) is 2.58. The number of hydrogen-bond acceptors (Lipinski definition) is 2. The molecule has 1 atom stereocenters. The number of likely N-dealkylation sites (tertiary alicyclic amines) is 1. The van der Waals surface area contributed by atoms with E-state index in [9.17, 15) is 8.78 Å². The zero-order chi connectivity index (χ0) is 13.7. The Morgan fingerprint density at radius 3 is 3.05 bits per heavy atom. The Labute approximate surface area is 113 Å².